The fraction of sp³-hybridized carbons (Fsp3) is 0.222. The van der Waals surface area contributed by atoms with Gasteiger partial charge in [-0.05, 0) is 18.4 Å². The third kappa shape index (κ3) is 5.04. The Morgan fingerprint density at radius 3 is 2.64 bits per heavy atom. The number of carbonyl (C=O) groups is 2. The topological polar surface area (TPSA) is 167 Å². The molecule has 12 nitrogen and oxygen atoms in total. The van der Waals surface area contributed by atoms with Crippen molar-refractivity contribution in [2.75, 3.05) is 20.2 Å². The summed E-state index contributed by atoms with van der Waals surface area (Å²) in [5.74, 6) is 0.354. The number of rotatable bonds is 7. The van der Waals surface area contributed by atoms with Crippen LogP contribution in [0.15, 0.2) is 57.7 Å². The van der Waals surface area contributed by atoms with Crippen molar-refractivity contribution in [3.8, 4) is 5.75 Å². The molecule has 0 aliphatic carbocycles. The zero-order chi connectivity index (χ0) is 27.4. The first kappa shape index (κ1) is 25.5. The number of nitrogens with two attached hydrogens (primary N) is 1. The number of H-pyrrole nitrogens is 1. The third-order valence-corrected chi connectivity index (χ3v) is 6.48. The van der Waals surface area contributed by atoms with Crippen LogP contribution in [0.4, 0.5) is 5.82 Å². The Hall–Kier alpha value is -5.13. The lowest BCUT2D eigenvalue weighted by Gasteiger charge is -2.29. The number of amides is 1. The highest BCUT2D eigenvalue weighted by Crippen LogP contribution is 2.35. The molecule has 1 aliphatic heterocycles. The molecular formula is C27H27N8O4+. The van der Waals surface area contributed by atoms with E-state index in [1.54, 1.807) is 11.8 Å². The van der Waals surface area contributed by atoms with Crippen LogP contribution in [-0.2, 0) is 4.79 Å². The smallest absolute Gasteiger partial charge is 0.295 e. The summed E-state index contributed by atoms with van der Waals surface area (Å²) in [6.07, 6.45) is 6.65. The molecule has 4 aromatic rings. The lowest BCUT2D eigenvalue weighted by atomic mass is 9.92. The van der Waals surface area contributed by atoms with Gasteiger partial charge < -0.3 is 24.8 Å². The Labute approximate surface area is 223 Å². The lowest BCUT2D eigenvalue weighted by molar-refractivity contribution is -0.298. The number of likely N-dealkylation sites (tertiary alicyclic amines) is 1. The highest BCUT2D eigenvalue weighted by atomic mass is 16.5. The maximum atomic E-state index is 13.4. The number of Topliss-reactive ketones (excluding diaryl/α,β-unsaturated/α-hetero) is 1. The van der Waals surface area contributed by atoms with Crippen LogP contribution in [0.3, 0.4) is 0 Å². The summed E-state index contributed by atoms with van der Waals surface area (Å²) in [5.41, 5.74) is 8.89. The number of benzene rings is 1. The molecule has 5 rings (SSSR count). The summed E-state index contributed by atoms with van der Waals surface area (Å²) in [7, 11) is 1.47. The van der Waals surface area contributed by atoms with E-state index in [0.29, 0.717) is 60.2 Å². The van der Waals surface area contributed by atoms with Crippen LogP contribution in [0.5, 0.6) is 5.75 Å². The molecule has 1 aliphatic rings. The molecule has 1 amide bonds. The number of aromatic nitrogens is 4. The number of ketones is 1. The first-order chi connectivity index (χ1) is 19.0. The summed E-state index contributed by atoms with van der Waals surface area (Å²) in [4.78, 5) is 42.5. The standard InChI is InChI=1S/C27H26N8O4/c1-16-33-34-26(39-16)21(17-6-4-3-5-7-17)18-8-10-35(11-9-18)27(37)24(36)19-12-30-23-22(19)20(38-2)13-31-25(23)32-15-29-14-28/h3-7,12-15,30H,8-11H2,1-2H3,(H2,28,29,31,32)/p+1. The predicted octanol–water partition coefficient (Wildman–Crippen LogP) is 1.30. The van der Waals surface area contributed by atoms with Crippen LogP contribution in [0.2, 0.25) is 0 Å². The van der Waals surface area contributed by atoms with E-state index < -0.39 is 11.7 Å². The summed E-state index contributed by atoms with van der Waals surface area (Å²) in [6.45, 7) is 2.50. The van der Waals surface area contributed by atoms with Crippen molar-refractivity contribution in [2.45, 2.75) is 19.8 Å². The number of nitrogens with one attached hydrogen (secondary N) is 2. The first-order valence-corrected chi connectivity index (χ1v) is 12.3. The number of pyridine rings is 1. The van der Waals surface area contributed by atoms with Crippen molar-refractivity contribution in [1.29, 1.82) is 0 Å². The fourth-order valence-electron chi connectivity index (χ4n) is 4.65. The molecule has 1 aromatic carbocycles. The second-order valence-corrected chi connectivity index (χ2v) is 8.79. The van der Waals surface area contributed by atoms with Gasteiger partial charge in [0.2, 0.25) is 18.1 Å². The summed E-state index contributed by atoms with van der Waals surface area (Å²) >= 11 is 0. The number of ether oxygens (including phenoxy) is 1. The van der Waals surface area contributed by atoms with E-state index in [1.165, 1.54) is 32.2 Å². The van der Waals surface area contributed by atoms with Crippen LogP contribution < -0.4 is 15.5 Å². The predicted molar refractivity (Wildman–Crippen MR) is 144 cm³/mol. The second kappa shape index (κ2) is 11.1. The first-order valence-electron chi connectivity index (χ1n) is 12.3. The number of fused-ring (bicyclic) bond motifs is 1. The maximum absolute atomic E-state index is 13.4. The molecular weight excluding hydrogens is 500 g/mol. The zero-order valence-corrected chi connectivity index (χ0v) is 21.5. The number of nitrogens with zero attached hydrogens (tertiary/aromatic N) is 5. The molecule has 12 heteroatoms. The van der Waals surface area contributed by atoms with Crippen molar-refractivity contribution < 1.29 is 23.7 Å². The number of aryl methyl sites for hydroxylation is 1. The molecule has 4 heterocycles. The third-order valence-electron chi connectivity index (χ3n) is 6.48. The van der Waals surface area contributed by atoms with Crippen LogP contribution in [0.1, 0.15) is 40.5 Å². The van der Waals surface area contributed by atoms with Crippen molar-refractivity contribution in [2.24, 2.45) is 10.7 Å². The molecule has 4 N–H and O–H groups in total. The lowest BCUT2D eigenvalue weighted by Crippen LogP contribution is -2.68. The molecule has 0 bridgehead atoms. The van der Waals surface area contributed by atoms with Crippen LogP contribution in [0, 0.1) is 6.92 Å². The van der Waals surface area contributed by atoms with E-state index in [-0.39, 0.29) is 5.56 Å². The minimum Gasteiger partial charge on any atom is -0.494 e. The molecule has 0 radical (unpaired) electrons. The number of hydrogen-bond donors (Lipinski definition) is 3. The van der Waals surface area contributed by atoms with E-state index >= 15 is 0 Å². The highest BCUT2D eigenvalue weighted by molar-refractivity contribution is 6.45. The Morgan fingerprint density at radius 2 is 1.97 bits per heavy atom. The van der Waals surface area contributed by atoms with Gasteiger partial charge in [-0.2, -0.15) is 0 Å². The molecule has 198 valence electrons. The van der Waals surface area contributed by atoms with E-state index in [2.05, 4.69) is 30.2 Å². The van der Waals surface area contributed by atoms with Gasteiger partial charge in [-0.3, -0.25) is 14.6 Å². The summed E-state index contributed by atoms with van der Waals surface area (Å²) in [5, 5.41) is 8.67. The van der Waals surface area contributed by atoms with Crippen molar-refractivity contribution >= 4 is 46.7 Å². The summed E-state index contributed by atoms with van der Waals surface area (Å²) in [6, 6.07) is 9.82. The molecule has 0 atom stereocenters. The van der Waals surface area contributed by atoms with Crippen molar-refractivity contribution in [3.63, 3.8) is 0 Å². The highest BCUT2D eigenvalue weighted by Gasteiger charge is 2.31. The van der Waals surface area contributed by atoms with Gasteiger partial charge in [0.05, 0.1) is 24.3 Å². The van der Waals surface area contributed by atoms with Crippen LogP contribution in [-0.4, -0.2) is 69.6 Å². The fourth-order valence-corrected chi connectivity index (χ4v) is 4.65. The number of aliphatic imine (C=N–C) groups is 1. The van der Waals surface area contributed by atoms with Gasteiger partial charge in [0.1, 0.15) is 11.3 Å². The molecule has 1 saturated heterocycles. The zero-order valence-electron chi connectivity index (χ0n) is 21.5. The molecule has 3 aromatic heterocycles. The SMILES string of the molecule is COc1cnc(N=C[NH+]=CN)c2[nH]cc(C(=O)C(=O)N3CCC(=C(c4ccccc4)c4nnc(C)o4)CC3)c12. The van der Waals surface area contributed by atoms with E-state index in [0.717, 1.165) is 16.7 Å². The van der Waals surface area contributed by atoms with Gasteiger partial charge in [-0.25, -0.2) is 4.98 Å². The average Bonchev–Trinajstić information content (AvgIpc) is 3.61. The number of aromatic amines is 1. The minimum atomic E-state index is -0.641. The quantitative estimate of drug-likeness (QED) is 0.140. The van der Waals surface area contributed by atoms with Gasteiger partial charge in [0.15, 0.2) is 6.34 Å². The minimum absolute atomic E-state index is 0.191. The average molecular weight is 528 g/mol. The largest absolute Gasteiger partial charge is 0.494 e. The molecule has 39 heavy (non-hydrogen) atoms. The normalized spacial score (nSPS) is 14.0. The van der Waals surface area contributed by atoms with Gasteiger partial charge in [-0.15, -0.1) is 10.2 Å². The van der Waals surface area contributed by atoms with Crippen LogP contribution >= 0.6 is 0 Å². The van der Waals surface area contributed by atoms with E-state index in [1.807, 2.05) is 30.3 Å². The summed E-state index contributed by atoms with van der Waals surface area (Å²) < 4.78 is 11.2. The second-order valence-electron chi connectivity index (χ2n) is 8.79. The molecule has 0 unspecified atom stereocenters. The number of hydrogen-bond acceptors (Lipinski definition) is 8. The Balaban J connectivity index is 1.41. The number of piperidine rings is 1. The monoisotopic (exact) mass is 527 g/mol. The van der Waals surface area contributed by atoms with Gasteiger partial charge >= 0.3 is 0 Å². The van der Waals surface area contributed by atoms with Crippen LogP contribution in [0.25, 0.3) is 16.5 Å². The number of methoxy groups -OCH3 is 1. The Morgan fingerprint density at radius 1 is 1.21 bits per heavy atom. The maximum Gasteiger partial charge on any atom is 0.295 e. The van der Waals surface area contributed by atoms with E-state index in [4.69, 9.17) is 14.9 Å². The van der Waals surface area contributed by atoms with Gasteiger partial charge in [0, 0.05) is 31.8 Å². The van der Waals surface area contributed by atoms with E-state index in [9.17, 15) is 9.59 Å². The van der Waals surface area contributed by atoms with Crippen molar-refractivity contribution in [3.05, 3.63) is 71.2 Å². The Kier molecular flexibility index (Phi) is 7.26. The molecule has 0 spiro atoms. The molecule has 0 saturated carbocycles. The van der Waals surface area contributed by atoms with Gasteiger partial charge in [0.25, 0.3) is 17.5 Å². The molecule has 1 fully saturated rings. The number of carbonyl (C=O) groups excluding carboxylic acids is 2. The van der Waals surface area contributed by atoms with Crippen molar-refractivity contribution in [1.82, 2.24) is 25.1 Å². The van der Waals surface area contributed by atoms with Gasteiger partial charge in [-0.1, -0.05) is 40.9 Å². The Bertz CT molecular complexity index is 1610.